The van der Waals surface area contributed by atoms with Gasteiger partial charge in [0.15, 0.2) is 0 Å². The largest absolute Gasteiger partial charge is 0.392 e. The summed E-state index contributed by atoms with van der Waals surface area (Å²) < 4.78 is 12.9. The van der Waals surface area contributed by atoms with Gasteiger partial charge in [0.25, 0.3) is 0 Å². The molecule has 2 atom stereocenters. The average Bonchev–Trinajstić information content (AvgIpc) is 2.92. The molecule has 0 aromatic heterocycles. The van der Waals surface area contributed by atoms with Crippen LogP contribution in [0.15, 0.2) is 24.3 Å². The van der Waals surface area contributed by atoms with Crippen LogP contribution < -0.4 is 5.73 Å². The van der Waals surface area contributed by atoms with Gasteiger partial charge in [-0.15, -0.1) is 0 Å². The molecule has 0 saturated heterocycles. The Balaban J connectivity index is 1.90. The molecule has 0 amide bonds. The third-order valence-electron chi connectivity index (χ3n) is 4.36. The van der Waals surface area contributed by atoms with Crippen molar-refractivity contribution in [3.05, 3.63) is 35.6 Å². The van der Waals surface area contributed by atoms with Crippen LogP contribution in [0, 0.1) is 11.7 Å². The minimum Gasteiger partial charge on any atom is -0.392 e. The second-order valence-electron chi connectivity index (χ2n) is 5.69. The summed E-state index contributed by atoms with van der Waals surface area (Å²) in [7, 11) is 0. The number of nitrogens with two attached hydrogens (primary N) is 1. The van der Waals surface area contributed by atoms with Gasteiger partial charge in [0.2, 0.25) is 0 Å². The minimum atomic E-state index is -0.420. The summed E-state index contributed by atoms with van der Waals surface area (Å²) in [5.41, 5.74) is 6.71. The zero-order chi connectivity index (χ0) is 13.7. The van der Waals surface area contributed by atoms with Gasteiger partial charge in [-0.2, -0.15) is 0 Å². The van der Waals surface area contributed by atoms with Gasteiger partial charge in [-0.3, -0.25) is 0 Å². The van der Waals surface area contributed by atoms with Crippen molar-refractivity contribution in [2.75, 3.05) is 6.54 Å². The zero-order valence-corrected chi connectivity index (χ0v) is 11.4. The first-order valence-electron chi connectivity index (χ1n) is 7.34. The van der Waals surface area contributed by atoms with Crippen LogP contribution in [0.4, 0.5) is 4.39 Å². The van der Waals surface area contributed by atoms with E-state index in [9.17, 15) is 9.50 Å². The lowest BCUT2D eigenvalue weighted by Crippen LogP contribution is -2.26. The number of aliphatic hydroxyl groups excluding tert-OH is 1. The summed E-state index contributed by atoms with van der Waals surface area (Å²) in [5, 5.41) is 10.3. The van der Waals surface area contributed by atoms with E-state index < -0.39 is 6.10 Å². The van der Waals surface area contributed by atoms with Crippen LogP contribution in [0.5, 0.6) is 0 Å². The molecule has 3 heteroatoms. The van der Waals surface area contributed by atoms with Crippen molar-refractivity contribution < 1.29 is 9.50 Å². The third kappa shape index (κ3) is 4.02. The molecule has 1 aromatic carbocycles. The fraction of sp³-hybridized carbons (Fsp3) is 0.625. The van der Waals surface area contributed by atoms with E-state index in [-0.39, 0.29) is 11.7 Å². The molecule has 1 saturated carbocycles. The SMILES string of the molecule is NCC(c1ccc(F)cc1)C(O)CCC1CCCC1. The molecule has 106 valence electrons. The third-order valence-corrected chi connectivity index (χ3v) is 4.36. The van der Waals surface area contributed by atoms with Crippen molar-refractivity contribution in [1.29, 1.82) is 0 Å². The fourth-order valence-corrected chi connectivity index (χ4v) is 3.13. The van der Waals surface area contributed by atoms with E-state index in [4.69, 9.17) is 5.73 Å². The highest BCUT2D eigenvalue weighted by atomic mass is 19.1. The van der Waals surface area contributed by atoms with E-state index in [1.54, 1.807) is 12.1 Å². The molecule has 2 nitrogen and oxygen atoms in total. The second-order valence-corrected chi connectivity index (χ2v) is 5.69. The first-order chi connectivity index (χ1) is 9.20. The Morgan fingerprint density at radius 2 is 1.84 bits per heavy atom. The van der Waals surface area contributed by atoms with Crippen molar-refractivity contribution in [3.8, 4) is 0 Å². The first-order valence-corrected chi connectivity index (χ1v) is 7.34. The van der Waals surface area contributed by atoms with Crippen LogP contribution in [-0.4, -0.2) is 17.8 Å². The van der Waals surface area contributed by atoms with Gasteiger partial charge in [-0.1, -0.05) is 37.8 Å². The smallest absolute Gasteiger partial charge is 0.123 e. The first kappa shape index (κ1) is 14.5. The fourth-order valence-electron chi connectivity index (χ4n) is 3.13. The monoisotopic (exact) mass is 265 g/mol. The van der Waals surface area contributed by atoms with Gasteiger partial charge in [0.1, 0.15) is 5.82 Å². The molecule has 2 rings (SSSR count). The number of hydrogen-bond acceptors (Lipinski definition) is 2. The van der Waals surface area contributed by atoms with Crippen molar-refractivity contribution in [1.82, 2.24) is 0 Å². The number of rotatable bonds is 6. The predicted molar refractivity (Wildman–Crippen MR) is 75.4 cm³/mol. The average molecular weight is 265 g/mol. The molecule has 2 unspecified atom stereocenters. The van der Waals surface area contributed by atoms with Crippen molar-refractivity contribution >= 4 is 0 Å². The maximum atomic E-state index is 12.9. The maximum absolute atomic E-state index is 12.9. The second kappa shape index (κ2) is 7.01. The van der Waals surface area contributed by atoms with Crippen molar-refractivity contribution in [3.63, 3.8) is 0 Å². The van der Waals surface area contributed by atoms with Crippen LogP contribution in [0.25, 0.3) is 0 Å². The highest BCUT2D eigenvalue weighted by Crippen LogP contribution is 2.31. The molecule has 0 heterocycles. The van der Waals surface area contributed by atoms with Crippen LogP contribution in [0.3, 0.4) is 0 Å². The van der Waals surface area contributed by atoms with Crippen molar-refractivity contribution in [2.24, 2.45) is 11.7 Å². The van der Waals surface area contributed by atoms with Gasteiger partial charge in [-0.25, -0.2) is 4.39 Å². The summed E-state index contributed by atoms with van der Waals surface area (Å²) in [6.45, 7) is 0.400. The Morgan fingerprint density at radius 3 is 2.42 bits per heavy atom. The molecule has 1 fully saturated rings. The Hall–Kier alpha value is -0.930. The molecule has 0 aliphatic heterocycles. The quantitative estimate of drug-likeness (QED) is 0.829. The molecule has 3 N–H and O–H groups in total. The van der Waals surface area contributed by atoms with Gasteiger partial charge in [0.05, 0.1) is 6.10 Å². The molecule has 1 aromatic rings. The van der Waals surface area contributed by atoms with E-state index in [1.165, 1.54) is 37.8 Å². The van der Waals surface area contributed by atoms with Crippen LogP contribution >= 0.6 is 0 Å². The van der Waals surface area contributed by atoms with Gasteiger partial charge in [0, 0.05) is 12.5 Å². The molecule has 1 aliphatic carbocycles. The molecule has 0 spiro atoms. The van der Waals surface area contributed by atoms with Gasteiger partial charge < -0.3 is 10.8 Å². The van der Waals surface area contributed by atoms with Crippen molar-refractivity contribution in [2.45, 2.75) is 50.5 Å². The molecular weight excluding hydrogens is 241 g/mol. The normalized spacial score (nSPS) is 19.5. The summed E-state index contributed by atoms with van der Waals surface area (Å²) in [6.07, 6.45) is 6.73. The van der Waals surface area contributed by atoms with E-state index in [2.05, 4.69) is 0 Å². The summed E-state index contributed by atoms with van der Waals surface area (Å²) in [4.78, 5) is 0. The standard InChI is InChI=1S/C16H24FNO/c17-14-8-6-13(7-9-14)15(11-18)16(19)10-5-12-3-1-2-4-12/h6-9,12,15-16,19H,1-5,10-11,18H2. The number of aliphatic hydroxyl groups is 1. The molecular formula is C16H24FNO. The molecule has 19 heavy (non-hydrogen) atoms. The zero-order valence-electron chi connectivity index (χ0n) is 11.4. The lowest BCUT2D eigenvalue weighted by atomic mass is 9.88. The summed E-state index contributed by atoms with van der Waals surface area (Å²) in [6, 6.07) is 6.32. The summed E-state index contributed by atoms with van der Waals surface area (Å²) in [5.74, 6) is 0.447. The number of halogens is 1. The lowest BCUT2D eigenvalue weighted by Gasteiger charge is -2.23. The lowest BCUT2D eigenvalue weighted by molar-refractivity contribution is 0.127. The van der Waals surface area contributed by atoms with Crippen LogP contribution in [0.2, 0.25) is 0 Å². The Morgan fingerprint density at radius 1 is 1.21 bits per heavy atom. The van der Waals surface area contributed by atoms with Crippen LogP contribution in [0.1, 0.15) is 50.0 Å². The highest BCUT2D eigenvalue weighted by molar-refractivity contribution is 5.22. The number of benzene rings is 1. The Kier molecular flexibility index (Phi) is 5.34. The predicted octanol–water partition coefficient (Wildman–Crippen LogP) is 3.20. The maximum Gasteiger partial charge on any atom is 0.123 e. The van der Waals surface area contributed by atoms with E-state index in [0.717, 1.165) is 24.3 Å². The van der Waals surface area contributed by atoms with Gasteiger partial charge in [-0.05, 0) is 36.5 Å². The molecule has 1 aliphatic rings. The Bertz CT molecular complexity index is 373. The topological polar surface area (TPSA) is 46.2 Å². The van der Waals surface area contributed by atoms with Gasteiger partial charge >= 0.3 is 0 Å². The van der Waals surface area contributed by atoms with Crippen LogP contribution in [-0.2, 0) is 0 Å². The highest BCUT2D eigenvalue weighted by Gasteiger charge is 2.22. The molecule has 0 bridgehead atoms. The summed E-state index contributed by atoms with van der Waals surface area (Å²) >= 11 is 0. The minimum absolute atomic E-state index is 0.0815. The van der Waals surface area contributed by atoms with E-state index >= 15 is 0 Å². The number of hydrogen-bond donors (Lipinski definition) is 2. The van der Waals surface area contributed by atoms with E-state index in [0.29, 0.717) is 6.54 Å². The molecule has 0 radical (unpaired) electrons. The Labute approximate surface area is 114 Å². The van der Waals surface area contributed by atoms with E-state index in [1.807, 2.05) is 0 Å².